The highest BCUT2D eigenvalue weighted by Gasteiger charge is 2.28. The molecule has 0 saturated heterocycles. The van der Waals surface area contributed by atoms with Crippen LogP contribution < -0.4 is 0 Å². The maximum atomic E-state index is 12.5. The molecule has 1 nitrogen and oxygen atoms in total. The van der Waals surface area contributed by atoms with Crippen LogP contribution in [0.25, 0.3) is 0 Å². The summed E-state index contributed by atoms with van der Waals surface area (Å²) in [5.41, 5.74) is 0.112. The predicted octanol–water partition coefficient (Wildman–Crippen LogP) is 4.28. The Morgan fingerprint density at radius 1 is 1.39 bits per heavy atom. The predicted molar refractivity (Wildman–Crippen MR) is 70.7 cm³/mol. The average Bonchev–Trinajstić information content (AvgIpc) is 2.27. The Morgan fingerprint density at radius 3 is 2.44 bits per heavy atom. The summed E-state index contributed by atoms with van der Waals surface area (Å²) in [5.74, 6) is 0. The molecular weight excluding hydrogens is 261 g/mol. The van der Waals surface area contributed by atoms with E-state index in [4.69, 9.17) is 11.6 Å². The highest BCUT2D eigenvalue weighted by Crippen LogP contribution is 2.28. The summed E-state index contributed by atoms with van der Waals surface area (Å²) >= 11 is 6.02. The van der Waals surface area contributed by atoms with Crippen molar-refractivity contribution in [1.82, 2.24) is 4.90 Å². The Labute approximate surface area is 110 Å². The minimum atomic E-state index is -4.98. The average molecular weight is 277 g/mol. The molecule has 0 aliphatic carbocycles. The maximum absolute atomic E-state index is 12.5. The van der Waals surface area contributed by atoms with E-state index >= 15 is 0 Å². The molecule has 0 spiro atoms. The first-order valence-corrected chi connectivity index (χ1v) is 5.93. The third-order valence-corrected chi connectivity index (χ3v) is 3.28. The van der Waals surface area contributed by atoms with Gasteiger partial charge in [0.2, 0.25) is 0 Å². The second-order valence-corrected chi connectivity index (χ2v) is 4.75. The van der Waals surface area contributed by atoms with Crippen LogP contribution in [0, 0.1) is 0 Å². The molecule has 0 radical (unpaired) electrons. The Bertz CT molecular complexity index is 434. The fourth-order valence-electron chi connectivity index (χ4n) is 1.61. The minimum Gasteiger partial charge on any atom is -0.445 e. The maximum Gasteiger partial charge on any atom is 0.506 e. The van der Waals surface area contributed by atoms with Crippen molar-refractivity contribution in [2.45, 2.75) is 13.0 Å². The van der Waals surface area contributed by atoms with Crippen molar-refractivity contribution >= 4 is 18.6 Å². The number of rotatable bonds is 5. The van der Waals surface area contributed by atoms with E-state index in [-0.39, 0.29) is 12.6 Å². The molecule has 0 fully saturated rings. The van der Waals surface area contributed by atoms with Crippen molar-refractivity contribution in [2.24, 2.45) is 0 Å². The molecule has 1 aromatic rings. The van der Waals surface area contributed by atoms with Gasteiger partial charge in [0.25, 0.3) is 0 Å². The first-order chi connectivity index (χ1) is 8.23. The zero-order valence-corrected chi connectivity index (χ0v) is 11.1. The number of likely N-dealkylation sites (N-methyl/N-ethyl adjacent to an activating group) is 1. The molecule has 1 atom stereocenters. The fourth-order valence-corrected chi connectivity index (χ4v) is 1.91. The van der Waals surface area contributed by atoms with E-state index in [2.05, 4.69) is 6.58 Å². The van der Waals surface area contributed by atoms with Gasteiger partial charge in [-0.25, -0.2) is 0 Å². The molecule has 0 amide bonds. The smallest absolute Gasteiger partial charge is 0.445 e. The van der Waals surface area contributed by atoms with Crippen LogP contribution in [0.15, 0.2) is 36.3 Å². The molecule has 0 aliphatic rings. The monoisotopic (exact) mass is 276 g/mol. The van der Waals surface area contributed by atoms with E-state index in [1.54, 1.807) is 24.1 Å². The SMILES string of the molecule is C=C(CN(C)C(C)c1ccccc1Cl)[B-](F)(F)F. The molecule has 0 saturated carbocycles. The summed E-state index contributed by atoms with van der Waals surface area (Å²) in [7, 11) is 1.63. The van der Waals surface area contributed by atoms with E-state index in [9.17, 15) is 12.9 Å². The molecule has 0 aliphatic heterocycles. The second-order valence-electron chi connectivity index (χ2n) is 4.35. The summed E-state index contributed by atoms with van der Waals surface area (Å²) in [6.45, 7) is -0.285. The molecule has 0 aromatic heterocycles. The van der Waals surface area contributed by atoms with E-state index < -0.39 is 12.4 Å². The summed E-state index contributed by atoms with van der Waals surface area (Å²) < 4.78 is 37.4. The van der Waals surface area contributed by atoms with Gasteiger partial charge < -0.3 is 12.9 Å². The largest absolute Gasteiger partial charge is 0.506 e. The highest BCUT2D eigenvalue weighted by atomic mass is 35.5. The number of halogens is 4. The summed E-state index contributed by atoms with van der Waals surface area (Å²) in [6, 6.07) is 6.94. The van der Waals surface area contributed by atoms with E-state index in [0.717, 1.165) is 5.56 Å². The topological polar surface area (TPSA) is 3.24 Å². The Morgan fingerprint density at radius 2 is 1.94 bits per heavy atom. The molecular formula is C12H15BClF3N-. The standard InChI is InChI=1S/C12H15BClF3N/c1-9(13(15,16)17)8-18(3)10(2)11-6-4-5-7-12(11)14/h4-7,10H,1,8H2,2-3H3/q-1. The van der Waals surface area contributed by atoms with Crippen LogP contribution in [0.2, 0.25) is 5.02 Å². The lowest BCUT2D eigenvalue weighted by molar-refractivity contribution is 0.282. The Balaban J connectivity index is 2.77. The molecule has 18 heavy (non-hydrogen) atoms. The van der Waals surface area contributed by atoms with Crippen molar-refractivity contribution in [3.63, 3.8) is 0 Å². The zero-order valence-electron chi connectivity index (χ0n) is 10.3. The number of hydrogen-bond donors (Lipinski definition) is 0. The molecule has 1 rings (SSSR count). The molecule has 6 heteroatoms. The first kappa shape index (κ1) is 15.1. The van der Waals surface area contributed by atoms with Crippen LogP contribution in [0.1, 0.15) is 18.5 Å². The molecule has 0 bridgehead atoms. The summed E-state index contributed by atoms with van der Waals surface area (Å²) in [4.78, 5) is 1.58. The van der Waals surface area contributed by atoms with Gasteiger partial charge in [-0.05, 0) is 32.1 Å². The quantitative estimate of drug-likeness (QED) is 0.726. The van der Waals surface area contributed by atoms with Crippen molar-refractivity contribution in [2.75, 3.05) is 13.6 Å². The number of hydrogen-bond acceptors (Lipinski definition) is 1. The van der Waals surface area contributed by atoms with Gasteiger partial charge in [0, 0.05) is 11.1 Å². The van der Waals surface area contributed by atoms with Crippen LogP contribution in [-0.2, 0) is 0 Å². The van der Waals surface area contributed by atoms with Crippen LogP contribution in [0.5, 0.6) is 0 Å². The summed E-state index contributed by atoms with van der Waals surface area (Å²) in [5, 5.41) is 0.556. The lowest BCUT2D eigenvalue weighted by atomic mass is 9.80. The van der Waals surface area contributed by atoms with Gasteiger partial charge in [0.1, 0.15) is 0 Å². The van der Waals surface area contributed by atoms with Gasteiger partial charge in [-0.3, -0.25) is 4.90 Å². The Hall–Kier alpha value is -0.935. The van der Waals surface area contributed by atoms with E-state index in [1.807, 2.05) is 19.1 Å². The second kappa shape index (κ2) is 5.80. The van der Waals surface area contributed by atoms with Gasteiger partial charge in [0.05, 0.1) is 0 Å². The normalized spacial score (nSPS) is 13.7. The first-order valence-electron chi connectivity index (χ1n) is 5.55. The van der Waals surface area contributed by atoms with E-state index in [0.29, 0.717) is 5.02 Å². The lowest BCUT2D eigenvalue weighted by Crippen LogP contribution is -2.32. The highest BCUT2D eigenvalue weighted by molar-refractivity contribution is 6.66. The lowest BCUT2D eigenvalue weighted by Gasteiger charge is -2.29. The van der Waals surface area contributed by atoms with Crippen molar-refractivity contribution in [3.8, 4) is 0 Å². The zero-order chi connectivity index (χ0) is 13.9. The molecule has 100 valence electrons. The van der Waals surface area contributed by atoms with Crippen LogP contribution in [-0.4, -0.2) is 25.5 Å². The van der Waals surface area contributed by atoms with Gasteiger partial charge in [-0.1, -0.05) is 29.8 Å². The molecule has 1 unspecified atom stereocenters. The molecule has 0 N–H and O–H groups in total. The molecule has 1 aromatic carbocycles. The van der Waals surface area contributed by atoms with Crippen LogP contribution in [0.4, 0.5) is 12.9 Å². The minimum absolute atomic E-state index is 0.200. The fraction of sp³-hybridized carbons (Fsp3) is 0.333. The van der Waals surface area contributed by atoms with Crippen LogP contribution >= 0.6 is 11.6 Å². The number of benzene rings is 1. The van der Waals surface area contributed by atoms with Crippen molar-refractivity contribution < 1.29 is 12.9 Å². The van der Waals surface area contributed by atoms with E-state index in [1.165, 1.54) is 0 Å². The summed E-state index contributed by atoms with van der Waals surface area (Å²) in [6.07, 6.45) is 0. The Kier molecular flexibility index (Phi) is 4.88. The number of nitrogens with zero attached hydrogens (tertiary/aromatic N) is 1. The van der Waals surface area contributed by atoms with Crippen molar-refractivity contribution in [3.05, 3.63) is 46.9 Å². The van der Waals surface area contributed by atoms with Gasteiger partial charge in [-0.2, -0.15) is 0 Å². The van der Waals surface area contributed by atoms with Gasteiger partial charge >= 0.3 is 6.98 Å². The third kappa shape index (κ3) is 3.78. The van der Waals surface area contributed by atoms with Crippen molar-refractivity contribution in [1.29, 1.82) is 0 Å². The van der Waals surface area contributed by atoms with Gasteiger partial charge in [-0.15, -0.1) is 12.1 Å². The van der Waals surface area contributed by atoms with Gasteiger partial charge in [0.15, 0.2) is 0 Å². The molecule has 0 heterocycles. The third-order valence-electron chi connectivity index (χ3n) is 2.93. The van der Waals surface area contributed by atoms with Crippen LogP contribution in [0.3, 0.4) is 0 Å².